The zero-order valence-corrected chi connectivity index (χ0v) is 13.9. The molecular weight excluding hydrogens is 337 g/mol. The summed E-state index contributed by atoms with van der Waals surface area (Å²) in [5.41, 5.74) is 1.56. The summed E-state index contributed by atoms with van der Waals surface area (Å²) in [6.45, 7) is 1.43. The van der Waals surface area contributed by atoms with Gasteiger partial charge in [0.05, 0.1) is 13.2 Å². The van der Waals surface area contributed by atoms with Gasteiger partial charge in [-0.05, 0) is 12.1 Å². The summed E-state index contributed by atoms with van der Waals surface area (Å²) in [7, 11) is 0. The first-order valence-electron chi connectivity index (χ1n) is 8.47. The number of halogens is 1. The van der Waals surface area contributed by atoms with E-state index in [2.05, 4.69) is 0 Å². The van der Waals surface area contributed by atoms with E-state index in [4.69, 9.17) is 19.2 Å². The average molecular weight is 353 g/mol. The van der Waals surface area contributed by atoms with Crippen molar-refractivity contribution in [2.45, 2.75) is 12.0 Å². The predicted octanol–water partition coefficient (Wildman–Crippen LogP) is 3.66. The lowest BCUT2D eigenvalue weighted by Gasteiger charge is -2.33. The third-order valence-corrected chi connectivity index (χ3v) is 5.00. The van der Waals surface area contributed by atoms with E-state index < -0.39 is 17.1 Å². The number of phenolic OH excluding ortho intramolecular Hbond substituents is 1. The number of aromatic hydroxyl groups is 1. The molecule has 0 bridgehead atoms. The molecule has 1 N–H and O–H groups in total. The third-order valence-electron chi connectivity index (χ3n) is 5.00. The van der Waals surface area contributed by atoms with Crippen LogP contribution in [0, 0.1) is 5.82 Å². The van der Waals surface area contributed by atoms with Gasteiger partial charge >= 0.3 is 0 Å². The molecule has 1 spiro atoms. The van der Waals surface area contributed by atoms with Crippen molar-refractivity contribution in [2.75, 3.05) is 19.8 Å². The fourth-order valence-electron chi connectivity index (χ4n) is 3.68. The molecule has 3 aliphatic heterocycles. The van der Waals surface area contributed by atoms with E-state index in [9.17, 15) is 9.50 Å². The van der Waals surface area contributed by atoms with Crippen molar-refractivity contribution in [1.29, 1.82) is 0 Å². The van der Waals surface area contributed by atoms with Crippen molar-refractivity contribution in [2.24, 2.45) is 4.99 Å². The van der Waals surface area contributed by atoms with Crippen LogP contribution in [-0.2, 0) is 15.0 Å². The van der Waals surface area contributed by atoms with Crippen LogP contribution in [0.25, 0.3) is 0 Å². The van der Waals surface area contributed by atoms with E-state index >= 15 is 0 Å². The standard InChI is InChI=1S/C20H16FNO4/c21-15-10-18-14(9-16(15)23)20(13-3-1-2-4-17(13)26-18)11-25-19(22-20)12-5-7-24-8-6-12/h1-5,9-10,23H,6-8,11H2. The number of aliphatic imine (C=N–C) groups is 1. The van der Waals surface area contributed by atoms with E-state index in [1.54, 1.807) is 0 Å². The van der Waals surface area contributed by atoms with Crippen molar-refractivity contribution in [1.82, 2.24) is 0 Å². The van der Waals surface area contributed by atoms with Gasteiger partial charge < -0.3 is 19.3 Å². The lowest BCUT2D eigenvalue weighted by molar-refractivity contribution is 0.155. The molecule has 5 rings (SSSR count). The number of nitrogens with zero attached hydrogens (tertiary/aromatic N) is 1. The molecule has 3 heterocycles. The number of fused-ring (bicyclic) bond motifs is 4. The lowest BCUT2D eigenvalue weighted by atomic mass is 9.81. The highest BCUT2D eigenvalue weighted by Gasteiger charge is 2.48. The van der Waals surface area contributed by atoms with Crippen molar-refractivity contribution in [3.63, 3.8) is 0 Å². The molecule has 0 aromatic heterocycles. The Kier molecular flexibility index (Phi) is 3.30. The molecule has 0 saturated heterocycles. The minimum atomic E-state index is -0.871. The Bertz CT molecular complexity index is 968. The number of phenols is 1. The van der Waals surface area contributed by atoms with Gasteiger partial charge in [-0.1, -0.05) is 24.3 Å². The molecule has 2 aromatic carbocycles. The van der Waals surface area contributed by atoms with Crippen LogP contribution in [0.1, 0.15) is 17.5 Å². The van der Waals surface area contributed by atoms with Gasteiger partial charge in [0.25, 0.3) is 0 Å². The van der Waals surface area contributed by atoms with Gasteiger partial charge in [0.1, 0.15) is 18.1 Å². The summed E-state index contributed by atoms with van der Waals surface area (Å²) < 4.78 is 31.1. The normalized spacial score (nSPS) is 23.4. The van der Waals surface area contributed by atoms with E-state index in [0.29, 0.717) is 36.2 Å². The highest BCUT2D eigenvalue weighted by atomic mass is 19.1. The van der Waals surface area contributed by atoms with Gasteiger partial charge in [-0.15, -0.1) is 0 Å². The molecule has 0 radical (unpaired) electrons. The largest absolute Gasteiger partial charge is 0.505 e. The molecule has 6 heteroatoms. The molecule has 0 aliphatic carbocycles. The molecule has 0 saturated carbocycles. The minimum absolute atomic E-state index is 0.263. The van der Waals surface area contributed by atoms with Crippen LogP contribution >= 0.6 is 0 Å². The average Bonchev–Trinajstić information content (AvgIpc) is 3.11. The molecule has 1 atom stereocenters. The smallest absolute Gasteiger partial charge is 0.213 e. The van der Waals surface area contributed by atoms with Crippen LogP contribution in [0.15, 0.2) is 53.0 Å². The highest BCUT2D eigenvalue weighted by Crippen LogP contribution is 2.52. The van der Waals surface area contributed by atoms with Crippen LogP contribution in [0.4, 0.5) is 4.39 Å². The summed E-state index contributed by atoms with van der Waals surface area (Å²) in [6, 6.07) is 10.1. The minimum Gasteiger partial charge on any atom is -0.505 e. The van der Waals surface area contributed by atoms with Gasteiger partial charge in [-0.2, -0.15) is 0 Å². The van der Waals surface area contributed by atoms with Crippen LogP contribution in [0.3, 0.4) is 0 Å². The number of hydrogen-bond acceptors (Lipinski definition) is 5. The molecule has 2 aromatic rings. The summed E-state index contributed by atoms with van der Waals surface area (Å²) in [5.74, 6) is 0.363. The van der Waals surface area contributed by atoms with Crippen LogP contribution < -0.4 is 4.74 Å². The van der Waals surface area contributed by atoms with Crippen molar-refractivity contribution < 1.29 is 23.7 Å². The summed E-state index contributed by atoms with van der Waals surface area (Å²) >= 11 is 0. The van der Waals surface area contributed by atoms with Gasteiger partial charge in [0.15, 0.2) is 17.1 Å². The highest BCUT2D eigenvalue weighted by molar-refractivity contribution is 5.95. The number of hydrogen-bond donors (Lipinski definition) is 1. The zero-order valence-electron chi connectivity index (χ0n) is 13.9. The zero-order chi connectivity index (χ0) is 17.7. The quantitative estimate of drug-likeness (QED) is 0.850. The molecule has 132 valence electrons. The Hall–Kier alpha value is -2.86. The van der Waals surface area contributed by atoms with Gasteiger partial charge in [-0.25, -0.2) is 9.38 Å². The third kappa shape index (κ3) is 2.15. The second-order valence-corrected chi connectivity index (χ2v) is 6.52. The Balaban J connectivity index is 1.72. The Morgan fingerprint density at radius 3 is 2.85 bits per heavy atom. The number of ether oxygens (including phenoxy) is 3. The summed E-state index contributed by atoms with van der Waals surface area (Å²) in [6.07, 6.45) is 2.70. The molecule has 26 heavy (non-hydrogen) atoms. The van der Waals surface area contributed by atoms with E-state index in [1.165, 1.54) is 12.1 Å². The first kappa shape index (κ1) is 15.4. The summed E-state index contributed by atoms with van der Waals surface area (Å²) in [5, 5.41) is 9.93. The maximum absolute atomic E-state index is 13.9. The first-order valence-corrected chi connectivity index (χ1v) is 8.47. The van der Waals surface area contributed by atoms with Gasteiger partial charge in [0, 0.05) is 29.2 Å². The van der Waals surface area contributed by atoms with Gasteiger partial charge in [0.2, 0.25) is 5.90 Å². The topological polar surface area (TPSA) is 60.3 Å². The fraction of sp³-hybridized carbons (Fsp3) is 0.250. The molecule has 0 fully saturated rings. The maximum Gasteiger partial charge on any atom is 0.213 e. The SMILES string of the molecule is Oc1cc2c(cc1F)Oc1ccccc1C21COC(C2=CCOCC2)=N1. The molecule has 5 nitrogen and oxygen atoms in total. The predicted molar refractivity (Wildman–Crippen MR) is 92.3 cm³/mol. The second-order valence-electron chi connectivity index (χ2n) is 6.52. The van der Waals surface area contributed by atoms with Gasteiger partial charge in [-0.3, -0.25) is 0 Å². The van der Waals surface area contributed by atoms with E-state index in [0.717, 1.165) is 17.6 Å². The van der Waals surface area contributed by atoms with Crippen LogP contribution in [-0.4, -0.2) is 30.8 Å². The number of para-hydroxylation sites is 1. The molecule has 3 aliphatic rings. The monoisotopic (exact) mass is 353 g/mol. The summed E-state index contributed by atoms with van der Waals surface area (Å²) in [4.78, 5) is 4.91. The maximum atomic E-state index is 13.9. The number of rotatable bonds is 1. The molecular formula is C20H16FNO4. The second kappa shape index (κ2) is 5.57. The van der Waals surface area contributed by atoms with Crippen molar-refractivity contribution >= 4 is 5.90 Å². The van der Waals surface area contributed by atoms with Crippen LogP contribution in [0.2, 0.25) is 0 Å². The Morgan fingerprint density at radius 1 is 1.12 bits per heavy atom. The lowest BCUT2D eigenvalue weighted by Crippen LogP contribution is -2.31. The van der Waals surface area contributed by atoms with Crippen molar-refractivity contribution in [3.05, 3.63) is 65.0 Å². The Labute approximate surface area is 149 Å². The Morgan fingerprint density at radius 2 is 2.00 bits per heavy atom. The van der Waals surface area contributed by atoms with Crippen LogP contribution in [0.5, 0.6) is 17.2 Å². The van der Waals surface area contributed by atoms with E-state index in [1.807, 2.05) is 30.3 Å². The first-order chi connectivity index (χ1) is 12.7. The number of benzene rings is 2. The molecule has 1 unspecified atom stereocenters. The molecule has 0 amide bonds. The van der Waals surface area contributed by atoms with E-state index in [-0.39, 0.29) is 6.61 Å². The fourth-order valence-corrected chi connectivity index (χ4v) is 3.68. The van der Waals surface area contributed by atoms with Crippen molar-refractivity contribution in [3.8, 4) is 17.2 Å².